The lowest BCUT2D eigenvalue weighted by atomic mass is 9.91. The summed E-state index contributed by atoms with van der Waals surface area (Å²) in [5.74, 6) is 2.83. The van der Waals surface area contributed by atoms with Crippen LogP contribution in [-0.4, -0.2) is 103 Å². The number of nitrogens with zero attached hydrogens (tertiary/aromatic N) is 5. The normalized spacial score (nSPS) is 22.8. The summed E-state index contributed by atoms with van der Waals surface area (Å²) in [4.78, 5) is 29.3. The van der Waals surface area contributed by atoms with Crippen molar-refractivity contribution < 1.29 is 32.2 Å². The minimum absolute atomic E-state index is 0.00643. The largest absolute Gasteiger partial charge is 0.461 e. The average Bonchev–Trinajstić information content (AvgIpc) is 3.83. The molecule has 2 bridgehead atoms. The number of aromatic nitrogens is 2. The lowest BCUT2D eigenvalue weighted by Crippen LogP contribution is -2.57. The first-order valence-corrected chi connectivity index (χ1v) is 25.1. The molecule has 4 fully saturated rings. The van der Waals surface area contributed by atoms with Gasteiger partial charge in [-0.15, -0.1) is 5.54 Å². The smallest absolute Gasteiger partial charge is 0.410 e. The van der Waals surface area contributed by atoms with Gasteiger partial charge in [0, 0.05) is 49.5 Å². The van der Waals surface area contributed by atoms with Crippen molar-refractivity contribution >= 4 is 41.7 Å². The van der Waals surface area contributed by atoms with Crippen LogP contribution in [0.4, 0.5) is 23.8 Å². The Morgan fingerprint density at radius 2 is 1.65 bits per heavy atom. The Labute approximate surface area is 372 Å². The van der Waals surface area contributed by atoms with Gasteiger partial charge in [0.2, 0.25) is 0 Å². The van der Waals surface area contributed by atoms with Gasteiger partial charge < -0.3 is 19.1 Å². The summed E-state index contributed by atoms with van der Waals surface area (Å²) in [5.41, 5.74) is 5.43. The number of fused-ring (bicyclic) bond motifs is 5. The fourth-order valence-electron chi connectivity index (χ4n) is 11.7. The first-order valence-electron chi connectivity index (χ1n) is 22.9. The fourth-order valence-corrected chi connectivity index (χ4v) is 16.9. The highest BCUT2D eigenvalue weighted by molar-refractivity contribution is 6.90. The molecule has 13 heteroatoms. The number of benzene rings is 3. The topological polar surface area (TPSA) is 80.3 Å². The van der Waals surface area contributed by atoms with Crippen LogP contribution >= 0.6 is 0 Å². The van der Waals surface area contributed by atoms with Gasteiger partial charge in [-0.1, -0.05) is 59.6 Å². The van der Waals surface area contributed by atoms with E-state index in [0.29, 0.717) is 64.8 Å². The number of alkyl halides is 1. The molecule has 0 N–H and O–H groups in total. The molecule has 338 valence electrons. The lowest BCUT2D eigenvalue weighted by Gasteiger charge is -2.42. The maximum atomic E-state index is 17.9. The molecule has 0 saturated carbocycles. The van der Waals surface area contributed by atoms with Gasteiger partial charge in [-0.25, -0.2) is 18.0 Å². The Kier molecular flexibility index (Phi) is 12.3. The molecule has 4 aromatic rings. The second kappa shape index (κ2) is 17.2. The number of hydrogen-bond acceptors (Lipinski definition) is 8. The van der Waals surface area contributed by atoms with Gasteiger partial charge in [0.15, 0.2) is 5.82 Å². The van der Waals surface area contributed by atoms with Gasteiger partial charge in [-0.05, 0) is 110 Å². The Morgan fingerprint density at radius 1 is 0.952 bits per heavy atom. The second-order valence-electron chi connectivity index (χ2n) is 20.4. The van der Waals surface area contributed by atoms with Gasteiger partial charge >= 0.3 is 12.1 Å². The second-order valence-corrected chi connectivity index (χ2v) is 26.0. The van der Waals surface area contributed by atoms with Crippen LogP contribution in [0.1, 0.15) is 106 Å². The summed E-state index contributed by atoms with van der Waals surface area (Å²) >= 11 is 0. The van der Waals surface area contributed by atoms with Crippen molar-refractivity contribution in [2.45, 2.75) is 147 Å². The van der Waals surface area contributed by atoms with Crippen LogP contribution in [0.15, 0.2) is 36.4 Å². The van der Waals surface area contributed by atoms with Crippen LogP contribution in [-0.2, 0) is 16.1 Å². The Hall–Kier alpha value is -4.38. The quantitative estimate of drug-likeness (QED) is 0.115. The SMILES string of the molecule is COCc1cc(-c2ccc3c(N4CC5CCC(C4)N5C(=O)OC(C)(C)C)nc(OC[C@@]45CCCN4C[C@H](F)C5)nc3c2F)c2c(C#C[Si](C(C)C)(C(C)C)C(C)C)c(F)ccc2c1. The third kappa shape index (κ3) is 8.29. The molecule has 1 amide bonds. The van der Waals surface area contributed by atoms with E-state index in [1.165, 1.54) is 6.07 Å². The number of methoxy groups -OCH3 is 1. The van der Waals surface area contributed by atoms with Crippen molar-refractivity contribution in [3.8, 4) is 28.6 Å². The van der Waals surface area contributed by atoms with Gasteiger partial charge in [-0.3, -0.25) is 9.80 Å². The molecule has 4 aliphatic rings. The summed E-state index contributed by atoms with van der Waals surface area (Å²) < 4.78 is 66.9. The standard InChI is InChI=1S/C50H64F3N5O4Si/c1-30(2)63(31(3)4,32(5)6)21-18-39-42(52)17-12-34-22-33(28-60-10)23-41(43(34)39)38-15-16-40-45(44(38)53)54-47(61-29-50-19-11-20-57(50)25-35(51)24-50)55-46(40)56-26-36-13-14-37(27-56)58(36)48(59)62-49(7,8)9/h12,15-17,22-23,30-32,35-37H,11,13-14,19-20,24-29H2,1-10H3/t35-,36?,37?,50+/m1/s1. The average molecular weight is 884 g/mol. The number of anilines is 1. The summed E-state index contributed by atoms with van der Waals surface area (Å²) in [5, 5.41) is 1.75. The van der Waals surface area contributed by atoms with E-state index >= 15 is 8.78 Å². The molecule has 0 aliphatic carbocycles. The maximum Gasteiger partial charge on any atom is 0.410 e. The highest BCUT2D eigenvalue weighted by Gasteiger charge is 2.50. The fraction of sp³-hybridized carbons (Fsp3) is 0.580. The minimum Gasteiger partial charge on any atom is -0.461 e. The van der Waals surface area contributed by atoms with E-state index in [4.69, 9.17) is 24.2 Å². The first kappa shape index (κ1) is 45.2. The van der Waals surface area contributed by atoms with Crippen molar-refractivity contribution in [1.29, 1.82) is 0 Å². The molecule has 4 saturated heterocycles. The summed E-state index contributed by atoms with van der Waals surface area (Å²) in [6.07, 6.45) is 2.43. The first-order chi connectivity index (χ1) is 29.9. The summed E-state index contributed by atoms with van der Waals surface area (Å²) in [6.45, 7) is 21.5. The van der Waals surface area contributed by atoms with Crippen LogP contribution in [0.2, 0.25) is 16.6 Å². The molecule has 4 atom stereocenters. The molecule has 63 heavy (non-hydrogen) atoms. The lowest BCUT2D eigenvalue weighted by molar-refractivity contribution is 0.0122. The zero-order valence-electron chi connectivity index (χ0n) is 38.7. The zero-order chi connectivity index (χ0) is 45.2. The molecule has 2 unspecified atom stereocenters. The van der Waals surface area contributed by atoms with Gasteiger partial charge in [0.25, 0.3) is 0 Å². The Balaban J connectivity index is 1.28. The van der Waals surface area contributed by atoms with Gasteiger partial charge in [0.1, 0.15) is 43.6 Å². The van der Waals surface area contributed by atoms with Crippen molar-refractivity contribution in [2.75, 3.05) is 44.8 Å². The van der Waals surface area contributed by atoms with Crippen molar-refractivity contribution in [3.63, 3.8) is 0 Å². The summed E-state index contributed by atoms with van der Waals surface area (Å²) in [6, 6.07) is 10.3. The molecule has 3 aromatic carbocycles. The minimum atomic E-state index is -2.28. The number of rotatable bonds is 10. The molecule has 9 nitrogen and oxygen atoms in total. The molecule has 0 spiro atoms. The van der Waals surface area contributed by atoms with E-state index in [2.05, 4.69) is 62.8 Å². The van der Waals surface area contributed by atoms with Crippen LogP contribution < -0.4 is 9.64 Å². The van der Waals surface area contributed by atoms with E-state index in [1.54, 1.807) is 19.2 Å². The van der Waals surface area contributed by atoms with Crippen LogP contribution in [0, 0.1) is 23.1 Å². The molecule has 0 radical (unpaired) electrons. The van der Waals surface area contributed by atoms with E-state index < -0.39 is 37.0 Å². The van der Waals surface area contributed by atoms with Crippen LogP contribution in [0.5, 0.6) is 6.01 Å². The zero-order valence-corrected chi connectivity index (χ0v) is 39.7. The van der Waals surface area contributed by atoms with Crippen molar-refractivity contribution in [3.05, 3.63) is 59.2 Å². The maximum absolute atomic E-state index is 17.9. The van der Waals surface area contributed by atoms with Crippen molar-refractivity contribution in [1.82, 2.24) is 19.8 Å². The Morgan fingerprint density at radius 3 is 2.30 bits per heavy atom. The number of ether oxygens (including phenoxy) is 3. The molecular weight excluding hydrogens is 820 g/mol. The summed E-state index contributed by atoms with van der Waals surface area (Å²) in [7, 11) is -0.674. The molecule has 8 rings (SSSR count). The predicted octanol–water partition coefficient (Wildman–Crippen LogP) is 11.0. The monoisotopic (exact) mass is 883 g/mol. The van der Waals surface area contributed by atoms with Gasteiger partial charge in [-0.2, -0.15) is 9.97 Å². The molecule has 5 heterocycles. The Bertz CT molecular complexity index is 2430. The number of carbonyl (C=O) groups excluding carboxylic acids is 1. The van der Waals surface area contributed by atoms with E-state index in [-0.39, 0.29) is 54.0 Å². The highest BCUT2D eigenvalue weighted by atomic mass is 28.3. The molecular formula is C50H64F3N5O4Si. The van der Waals surface area contributed by atoms with Crippen LogP contribution in [0.3, 0.4) is 0 Å². The van der Waals surface area contributed by atoms with E-state index in [0.717, 1.165) is 43.2 Å². The third-order valence-corrected chi connectivity index (χ3v) is 20.7. The predicted molar refractivity (Wildman–Crippen MR) is 247 cm³/mol. The highest BCUT2D eigenvalue weighted by Crippen LogP contribution is 2.44. The molecule has 1 aromatic heterocycles. The number of halogens is 3. The number of hydrogen-bond donors (Lipinski definition) is 0. The van der Waals surface area contributed by atoms with E-state index in [9.17, 15) is 9.18 Å². The van der Waals surface area contributed by atoms with Crippen LogP contribution in [0.25, 0.3) is 32.8 Å². The number of piperazine rings is 1. The number of carbonyl (C=O) groups is 1. The van der Waals surface area contributed by atoms with Gasteiger partial charge in [0.05, 0.1) is 29.8 Å². The number of amides is 1. The van der Waals surface area contributed by atoms with Crippen molar-refractivity contribution in [2.24, 2.45) is 0 Å². The molecule has 4 aliphatic heterocycles. The third-order valence-electron chi connectivity index (χ3n) is 14.4. The van der Waals surface area contributed by atoms with E-state index in [1.807, 2.05) is 43.9 Å².